The molecule has 1 heterocycles. The van der Waals surface area contributed by atoms with Crippen LogP contribution in [0.3, 0.4) is 0 Å². The maximum atomic E-state index is 10.9. The Bertz CT molecular complexity index is 140. The summed E-state index contributed by atoms with van der Waals surface area (Å²) in [6.07, 6.45) is -0.166. The molecule has 0 aromatic carbocycles. The highest BCUT2D eigenvalue weighted by Crippen LogP contribution is 2.09. The van der Waals surface area contributed by atoms with Crippen LogP contribution < -0.4 is 0 Å². The average molecular weight is 161 g/mol. The van der Waals surface area contributed by atoms with Gasteiger partial charge in [0.05, 0.1) is 12.5 Å². The Labute approximate surface area is 65.4 Å². The third-order valence-corrected chi connectivity index (χ3v) is 1.76. The monoisotopic (exact) mass is 161 g/mol. The van der Waals surface area contributed by atoms with Crippen LogP contribution in [0.15, 0.2) is 0 Å². The molecule has 0 bridgehead atoms. The standard InChI is InChI=1S/C6H11NO2S/c8-5-3-6(9)7(4-5)1-2-10/h5,8,10H,1-4H2. The van der Waals surface area contributed by atoms with Gasteiger partial charge in [-0.3, -0.25) is 4.79 Å². The SMILES string of the molecule is O=C1CC(O)CN1CCS. The molecule has 1 unspecified atom stereocenters. The number of aliphatic hydroxyl groups excluding tert-OH is 1. The summed E-state index contributed by atoms with van der Waals surface area (Å²) in [6, 6.07) is 0. The number of carbonyl (C=O) groups is 1. The van der Waals surface area contributed by atoms with Crippen molar-refractivity contribution < 1.29 is 9.90 Å². The molecule has 1 atom stereocenters. The van der Waals surface area contributed by atoms with Crippen LogP contribution in [0.4, 0.5) is 0 Å². The Hall–Kier alpha value is -0.220. The van der Waals surface area contributed by atoms with Crippen molar-refractivity contribution in [3.05, 3.63) is 0 Å². The van der Waals surface area contributed by atoms with Crippen molar-refractivity contribution in [3.8, 4) is 0 Å². The molecule has 10 heavy (non-hydrogen) atoms. The average Bonchev–Trinajstić information content (AvgIpc) is 2.13. The quantitative estimate of drug-likeness (QED) is 0.536. The van der Waals surface area contributed by atoms with Crippen molar-refractivity contribution in [3.63, 3.8) is 0 Å². The summed E-state index contributed by atoms with van der Waals surface area (Å²) in [7, 11) is 0. The molecule has 0 saturated carbocycles. The summed E-state index contributed by atoms with van der Waals surface area (Å²) >= 11 is 3.99. The maximum Gasteiger partial charge on any atom is 0.225 e. The number of carbonyl (C=O) groups excluding carboxylic acids is 1. The van der Waals surface area contributed by atoms with E-state index in [9.17, 15) is 4.79 Å². The lowest BCUT2D eigenvalue weighted by Crippen LogP contribution is -2.27. The van der Waals surface area contributed by atoms with Crippen LogP contribution >= 0.6 is 12.6 Å². The highest BCUT2D eigenvalue weighted by atomic mass is 32.1. The van der Waals surface area contributed by atoms with Crippen molar-refractivity contribution in [2.75, 3.05) is 18.8 Å². The van der Waals surface area contributed by atoms with Gasteiger partial charge in [0.25, 0.3) is 0 Å². The van der Waals surface area contributed by atoms with E-state index in [0.717, 1.165) is 0 Å². The lowest BCUT2D eigenvalue weighted by Gasteiger charge is -2.12. The Kier molecular flexibility index (Phi) is 2.56. The number of hydrogen-bond acceptors (Lipinski definition) is 3. The molecule has 3 nitrogen and oxygen atoms in total. The molecule has 0 aromatic heterocycles. The van der Waals surface area contributed by atoms with Crippen LogP contribution in [-0.4, -0.2) is 40.9 Å². The van der Waals surface area contributed by atoms with Crippen molar-refractivity contribution in [2.45, 2.75) is 12.5 Å². The molecule has 0 aliphatic carbocycles. The van der Waals surface area contributed by atoms with Gasteiger partial charge in [-0.15, -0.1) is 0 Å². The highest BCUT2D eigenvalue weighted by molar-refractivity contribution is 7.80. The molecular weight excluding hydrogens is 150 g/mol. The second-order valence-electron chi connectivity index (χ2n) is 2.42. The van der Waals surface area contributed by atoms with Crippen molar-refractivity contribution in [1.29, 1.82) is 0 Å². The molecule has 1 amide bonds. The molecule has 1 aliphatic heterocycles. The zero-order chi connectivity index (χ0) is 7.56. The minimum absolute atomic E-state index is 0.0431. The molecule has 1 N–H and O–H groups in total. The van der Waals surface area contributed by atoms with E-state index in [1.165, 1.54) is 0 Å². The van der Waals surface area contributed by atoms with Gasteiger partial charge < -0.3 is 10.0 Å². The highest BCUT2D eigenvalue weighted by Gasteiger charge is 2.26. The Morgan fingerprint density at radius 1 is 1.80 bits per heavy atom. The van der Waals surface area contributed by atoms with Gasteiger partial charge in [0.1, 0.15) is 0 Å². The molecule has 0 spiro atoms. The van der Waals surface area contributed by atoms with Crippen LogP contribution in [0.1, 0.15) is 6.42 Å². The molecule has 4 heteroatoms. The molecular formula is C6H11NO2S. The number of amides is 1. The summed E-state index contributed by atoms with van der Waals surface area (Å²) in [6.45, 7) is 1.14. The zero-order valence-corrected chi connectivity index (χ0v) is 6.55. The van der Waals surface area contributed by atoms with E-state index < -0.39 is 6.10 Å². The van der Waals surface area contributed by atoms with E-state index in [-0.39, 0.29) is 12.3 Å². The normalized spacial score (nSPS) is 26.0. The van der Waals surface area contributed by atoms with Crippen LogP contribution in [0.5, 0.6) is 0 Å². The fourth-order valence-corrected chi connectivity index (χ4v) is 1.33. The second-order valence-corrected chi connectivity index (χ2v) is 2.87. The summed E-state index contributed by atoms with van der Waals surface area (Å²) < 4.78 is 0. The first-order valence-electron chi connectivity index (χ1n) is 3.30. The lowest BCUT2D eigenvalue weighted by molar-refractivity contribution is -0.127. The van der Waals surface area contributed by atoms with Crippen molar-refractivity contribution in [1.82, 2.24) is 4.90 Å². The van der Waals surface area contributed by atoms with E-state index in [0.29, 0.717) is 18.8 Å². The van der Waals surface area contributed by atoms with Gasteiger partial charge in [-0.05, 0) is 0 Å². The van der Waals surface area contributed by atoms with E-state index >= 15 is 0 Å². The molecule has 58 valence electrons. The molecule has 0 aromatic rings. The van der Waals surface area contributed by atoms with Gasteiger partial charge >= 0.3 is 0 Å². The number of rotatable bonds is 2. The fourth-order valence-electron chi connectivity index (χ4n) is 1.09. The Morgan fingerprint density at radius 2 is 2.50 bits per heavy atom. The number of likely N-dealkylation sites (tertiary alicyclic amines) is 1. The predicted octanol–water partition coefficient (Wildman–Crippen LogP) is -0.491. The fraction of sp³-hybridized carbons (Fsp3) is 0.833. The number of aliphatic hydroxyl groups is 1. The summed E-state index contributed by atoms with van der Waals surface area (Å²) in [5, 5.41) is 9.01. The van der Waals surface area contributed by atoms with E-state index in [1.54, 1.807) is 4.90 Å². The Balaban J connectivity index is 2.39. The number of thiol groups is 1. The minimum Gasteiger partial charge on any atom is -0.391 e. The van der Waals surface area contributed by atoms with Gasteiger partial charge in [0.15, 0.2) is 0 Å². The molecule has 0 radical (unpaired) electrons. The van der Waals surface area contributed by atoms with Gasteiger partial charge in [-0.25, -0.2) is 0 Å². The first-order valence-corrected chi connectivity index (χ1v) is 3.94. The minimum atomic E-state index is -0.451. The Morgan fingerprint density at radius 3 is 2.90 bits per heavy atom. The van der Waals surface area contributed by atoms with Gasteiger partial charge in [-0.2, -0.15) is 12.6 Å². The summed E-state index contributed by atoms with van der Waals surface area (Å²) in [5.41, 5.74) is 0. The lowest BCUT2D eigenvalue weighted by atomic mass is 10.3. The maximum absolute atomic E-state index is 10.9. The smallest absolute Gasteiger partial charge is 0.225 e. The second kappa shape index (κ2) is 3.25. The molecule has 1 fully saturated rings. The van der Waals surface area contributed by atoms with Crippen molar-refractivity contribution in [2.24, 2.45) is 0 Å². The van der Waals surface area contributed by atoms with E-state index in [4.69, 9.17) is 5.11 Å². The van der Waals surface area contributed by atoms with Gasteiger partial charge in [-0.1, -0.05) is 0 Å². The molecule has 1 aliphatic rings. The van der Waals surface area contributed by atoms with Crippen LogP contribution in [0, 0.1) is 0 Å². The van der Waals surface area contributed by atoms with Crippen LogP contribution in [0.25, 0.3) is 0 Å². The number of nitrogens with zero attached hydrogens (tertiary/aromatic N) is 1. The largest absolute Gasteiger partial charge is 0.391 e. The summed E-state index contributed by atoms with van der Waals surface area (Å²) in [4.78, 5) is 12.5. The van der Waals surface area contributed by atoms with Gasteiger partial charge in [0, 0.05) is 18.8 Å². The van der Waals surface area contributed by atoms with Crippen LogP contribution in [0.2, 0.25) is 0 Å². The predicted molar refractivity (Wildman–Crippen MR) is 41.1 cm³/mol. The number of hydrogen-bond donors (Lipinski definition) is 2. The summed E-state index contributed by atoms with van der Waals surface area (Å²) in [5.74, 6) is 0.708. The molecule has 1 rings (SSSR count). The third kappa shape index (κ3) is 1.64. The first kappa shape index (κ1) is 7.88. The van der Waals surface area contributed by atoms with Crippen molar-refractivity contribution >= 4 is 18.5 Å². The zero-order valence-electron chi connectivity index (χ0n) is 5.66. The molecule has 1 saturated heterocycles. The first-order chi connectivity index (χ1) is 4.74. The van der Waals surface area contributed by atoms with Gasteiger partial charge in [0.2, 0.25) is 5.91 Å². The van der Waals surface area contributed by atoms with Crippen LogP contribution in [-0.2, 0) is 4.79 Å². The van der Waals surface area contributed by atoms with E-state index in [1.807, 2.05) is 0 Å². The third-order valence-electron chi connectivity index (χ3n) is 1.56. The number of β-amino-alcohol motifs (C(OH)–C–C–N with tert-alkyl or cyclic N) is 1. The topological polar surface area (TPSA) is 40.5 Å². The van der Waals surface area contributed by atoms with E-state index in [2.05, 4.69) is 12.6 Å².